The Morgan fingerprint density at radius 3 is 2.18 bits per heavy atom. The van der Waals surface area contributed by atoms with Crippen LogP contribution in [0, 0.1) is 0 Å². The zero-order valence-electron chi connectivity index (χ0n) is 18.9. The van der Waals surface area contributed by atoms with Gasteiger partial charge in [0.05, 0.1) is 19.6 Å². The lowest BCUT2D eigenvalue weighted by Gasteiger charge is -2.25. The third-order valence-electron chi connectivity index (χ3n) is 5.42. The maximum Gasteiger partial charge on any atom is 0.407 e. The summed E-state index contributed by atoms with van der Waals surface area (Å²) in [5.74, 6) is -1.21. The Kier molecular flexibility index (Phi) is 8.06. The first-order valence-corrected chi connectivity index (χ1v) is 11.0. The zero-order valence-corrected chi connectivity index (χ0v) is 18.9. The van der Waals surface area contributed by atoms with E-state index in [1.165, 1.54) is 0 Å². The van der Waals surface area contributed by atoms with Crippen molar-refractivity contribution >= 4 is 18.0 Å². The molecule has 1 aliphatic rings. The highest BCUT2D eigenvalue weighted by Crippen LogP contribution is 2.44. The summed E-state index contributed by atoms with van der Waals surface area (Å²) < 4.78 is 10.7. The number of amides is 2. The monoisotopic (exact) mass is 454 g/mol. The van der Waals surface area contributed by atoms with Crippen LogP contribution in [0.15, 0.2) is 48.5 Å². The van der Waals surface area contributed by atoms with Crippen LogP contribution in [0.5, 0.6) is 0 Å². The van der Waals surface area contributed by atoms with E-state index in [-0.39, 0.29) is 51.0 Å². The van der Waals surface area contributed by atoms with Crippen molar-refractivity contribution in [1.29, 1.82) is 0 Å². The van der Waals surface area contributed by atoms with Gasteiger partial charge in [0.2, 0.25) is 5.91 Å². The van der Waals surface area contributed by atoms with E-state index in [0.717, 1.165) is 22.3 Å². The molecule has 0 fully saturated rings. The number of alkyl carbamates (subject to hydrolysis) is 1. The highest BCUT2D eigenvalue weighted by molar-refractivity contribution is 5.80. The Hall–Kier alpha value is -3.39. The van der Waals surface area contributed by atoms with Gasteiger partial charge >= 0.3 is 12.1 Å². The number of hydrogen-bond donors (Lipinski definition) is 3. The van der Waals surface area contributed by atoms with Crippen molar-refractivity contribution < 1.29 is 29.0 Å². The van der Waals surface area contributed by atoms with E-state index in [1.807, 2.05) is 24.3 Å². The van der Waals surface area contributed by atoms with Crippen LogP contribution in [0.25, 0.3) is 11.1 Å². The molecule has 2 aromatic carbocycles. The number of fused-ring (bicyclic) bond motifs is 3. The number of hydrogen-bond acceptors (Lipinski definition) is 5. The second kappa shape index (κ2) is 11.0. The number of ether oxygens (including phenoxy) is 2. The standard InChI is InChI=1S/C25H30N2O6/c1-25(2,15-22(28)26-12-14-32-13-11-23(29)30)27-24(31)33-16-21-19-9-5-3-7-17(19)18-8-4-6-10-20(18)21/h3-10,21H,11-16H2,1-2H3,(H,26,28)(H,27,31)(H,29,30). The van der Waals surface area contributed by atoms with Gasteiger partial charge in [-0.05, 0) is 36.1 Å². The number of rotatable bonds is 11. The molecule has 0 saturated heterocycles. The van der Waals surface area contributed by atoms with Gasteiger partial charge in [-0.1, -0.05) is 48.5 Å². The molecule has 0 aromatic heterocycles. The lowest BCUT2D eigenvalue weighted by molar-refractivity contribution is -0.138. The van der Waals surface area contributed by atoms with Gasteiger partial charge in [-0.25, -0.2) is 4.79 Å². The molecule has 0 spiro atoms. The molecule has 0 radical (unpaired) electrons. The summed E-state index contributed by atoms with van der Waals surface area (Å²) in [5.41, 5.74) is 3.78. The Bertz CT molecular complexity index is 958. The molecule has 2 amide bonds. The lowest BCUT2D eigenvalue weighted by atomic mass is 9.98. The summed E-state index contributed by atoms with van der Waals surface area (Å²) in [6.45, 7) is 4.28. The summed E-state index contributed by atoms with van der Waals surface area (Å²) in [7, 11) is 0. The van der Waals surface area contributed by atoms with Gasteiger partial charge in [-0.15, -0.1) is 0 Å². The fraction of sp³-hybridized carbons (Fsp3) is 0.400. The Labute approximate surface area is 193 Å². The van der Waals surface area contributed by atoms with Crippen LogP contribution in [0.2, 0.25) is 0 Å². The SMILES string of the molecule is CC(C)(CC(=O)NCCOCCC(=O)O)NC(=O)OCC1c2ccccc2-c2ccccc21. The quantitative estimate of drug-likeness (QED) is 0.449. The van der Waals surface area contributed by atoms with Gasteiger partial charge in [0, 0.05) is 24.4 Å². The maximum atomic E-state index is 12.5. The highest BCUT2D eigenvalue weighted by atomic mass is 16.5. The van der Waals surface area contributed by atoms with Gasteiger partial charge in [-0.3, -0.25) is 9.59 Å². The second-order valence-corrected chi connectivity index (χ2v) is 8.62. The average molecular weight is 455 g/mol. The molecule has 0 saturated carbocycles. The predicted molar refractivity (Wildman–Crippen MR) is 123 cm³/mol. The molecular weight excluding hydrogens is 424 g/mol. The van der Waals surface area contributed by atoms with E-state index >= 15 is 0 Å². The number of benzene rings is 2. The molecule has 33 heavy (non-hydrogen) atoms. The van der Waals surface area contributed by atoms with Crippen LogP contribution >= 0.6 is 0 Å². The van der Waals surface area contributed by atoms with Crippen molar-refractivity contribution in [3.05, 3.63) is 59.7 Å². The number of carbonyl (C=O) groups excluding carboxylic acids is 2. The van der Waals surface area contributed by atoms with E-state index in [0.29, 0.717) is 0 Å². The molecule has 0 atom stereocenters. The van der Waals surface area contributed by atoms with Gasteiger partial charge in [0.25, 0.3) is 0 Å². The van der Waals surface area contributed by atoms with E-state index in [9.17, 15) is 14.4 Å². The summed E-state index contributed by atoms with van der Waals surface area (Å²) in [6.07, 6.45) is -0.594. The van der Waals surface area contributed by atoms with Crippen molar-refractivity contribution in [3.63, 3.8) is 0 Å². The van der Waals surface area contributed by atoms with Gasteiger partial charge in [0.15, 0.2) is 0 Å². The second-order valence-electron chi connectivity index (χ2n) is 8.62. The van der Waals surface area contributed by atoms with Crippen LogP contribution in [0.4, 0.5) is 4.79 Å². The normalized spacial score (nSPS) is 12.5. The first-order valence-electron chi connectivity index (χ1n) is 11.0. The average Bonchev–Trinajstić information content (AvgIpc) is 3.07. The molecular formula is C25H30N2O6. The molecule has 0 aliphatic heterocycles. The van der Waals surface area contributed by atoms with Crippen LogP contribution < -0.4 is 10.6 Å². The Morgan fingerprint density at radius 2 is 1.58 bits per heavy atom. The van der Waals surface area contributed by atoms with Crippen molar-refractivity contribution in [2.24, 2.45) is 0 Å². The van der Waals surface area contributed by atoms with Crippen molar-refractivity contribution in [2.45, 2.75) is 38.1 Å². The molecule has 8 heteroatoms. The highest BCUT2D eigenvalue weighted by Gasteiger charge is 2.30. The molecule has 3 rings (SSSR count). The van der Waals surface area contributed by atoms with Crippen molar-refractivity contribution in [2.75, 3.05) is 26.4 Å². The third kappa shape index (κ3) is 6.79. The van der Waals surface area contributed by atoms with E-state index < -0.39 is 17.6 Å². The van der Waals surface area contributed by atoms with Crippen LogP contribution in [-0.2, 0) is 19.1 Å². The smallest absolute Gasteiger partial charge is 0.407 e. The molecule has 0 bridgehead atoms. The van der Waals surface area contributed by atoms with Crippen LogP contribution in [0.1, 0.15) is 43.7 Å². The number of carboxylic acids is 1. The fourth-order valence-electron chi connectivity index (χ4n) is 3.94. The number of nitrogens with one attached hydrogen (secondary N) is 2. The summed E-state index contributed by atoms with van der Waals surface area (Å²) in [4.78, 5) is 35.1. The molecule has 0 heterocycles. The minimum atomic E-state index is -0.930. The minimum Gasteiger partial charge on any atom is -0.481 e. The Morgan fingerprint density at radius 1 is 0.970 bits per heavy atom. The molecule has 8 nitrogen and oxygen atoms in total. The Balaban J connectivity index is 1.45. The third-order valence-corrected chi connectivity index (χ3v) is 5.42. The number of aliphatic carboxylic acids is 1. The molecule has 3 N–H and O–H groups in total. The van der Waals surface area contributed by atoms with Crippen molar-refractivity contribution in [1.82, 2.24) is 10.6 Å². The molecule has 0 unspecified atom stereocenters. The van der Waals surface area contributed by atoms with Gasteiger partial charge in [-0.2, -0.15) is 0 Å². The predicted octanol–water partition coefficient (Wildman–Crippen LogP) is 3.30. The lowest BCUT2D eigenvalue weighted by Crippen LogP contribution is -2.47. The summed E-state index contributed by atoms with van der Waals surface area (Å²) in [6, 6.07) is 16.2. The van der Waals surface area contributed by atoms with Gasteiger partial charge < -0.3 is 25.2 Å². The van der Waals surface area contributed by atoms with E-state index in [4.69, 9.17) is 14.6 Å². The first kappa shape index (κ1) is 24.3. The molecule has 2 aromatic rings. The van der Waals surface area contributed by atoms with Crippen LogP contribution in [0.3, 0.4) is 0 Å². The van der Waals surface area contributed by atoms with E-state index in [1.54, 1.807) is 13.8 Å². The molecule has 1 aliphatic carbocycles. The van der Waals surface area contributed by atoms with Crippen molar-refractivity contribution in [3.8, 4) is 11.1 Å². The van der Waals surface area contributed by atoms with E-state index in [2.05, 4.69) is 34.9 Å². The molecule has 176 valence electrons. The largest absolute Gasteiger partial charge is 0.481 e. The fourth-order valence-corrected chi connectivity index (χ4v) is 3.94. The van der Waals surface area contributed by atoms with Gasteiger partial charge in [0.1, 0.15) is 6.61 Å². The maximum absolute atomic E-state index is 12.5. The minimum absolute atomic E-state index is 0.0318. The first-order chi connectivity index (χ1) is 15.8. The summed E-state index contributed by atoms with van der Waals surface area (Å²) in [5, 5.41) is 14.0. The number of carboxylic acid groups (broad SMARTS) is 1. The topological polar surface area (TPSA) is 114 Å². The number of carbonyl (C=O) groups is 3. The summed E-state index contributed by atoms with van der Waals surface area (Å²) >= 11 is 0. The van der Waals surface area contributed by atoms with Crippen LogP contribution in [-0.4, -0.2) is 55.0 Å². The zero-order chi connectivity index (χ0) is 23.8.